The van der Waals surface area contributed by atoms with Gasteiger partial charge in [0.1, 0.15) is 0 Å². The molecule has 6 heteroatoms. The van der Waals surface area contributed by atoms with Gasteiger partial charge in [0.25, 0.3) is 5.91 Å². The fourth-order valence-corrected chi connectivity index (χ4v) is 4.60. The van der Waals surface area contributed by atoms with Crippen LogP contribution in [0.3, 0.4) is 0 Å². The van der Waals surface area contributed by atoms with Crippen LogP contribution in [0.15, 0.2) is 24.3 Å². The van der Waals surface area contributed by atoms with Gasteiger partial charge in [-0.1, -0.05) is 31.5 Å². The lowest BCUT2D eigenvalue weighted by Crippen LogP contribution is -2.37. The number of hydrogen-bond donors (Lipinski definition) is 1. The third-order valence-corrected chi connectivity index (χ3v) is 6.15. The molecule has 0 aromatic heterocycles. The van der Waals surface area contributed by atoms with E-state index in [0.717, 1.165) is 30.0 Å². The number of aryl methyl sites for hydroxylation is 1. The molecule has 2 fully saturated rings. The van der Waals surface area contributed by atoms with Gasteiger partial charge in [0, 0.05) is 19.2 Å². The second-order valence-corrected chi connectivity index (χ2v) is 8.11. The van der Waals surface area contributed by atoms with Crippen LogP contribution in [0.1, 0.15) is 44.6 Å². The number of hydrogen-bond acceptors (Lipinski definition) is 4. The van der Waals surface area contributed by atoms with Gasteiger partial charge in [-0.2, -0.15) is 0 Å². The first-order valence-electron chi connectivity index (χ1n) is 10.2. The molecule has 0 saturated heterocycles. The Hall–Kier alpha value is -2.37. The Bertz CT molecular complexity index is 733. The first kappa shape index (κ1) is 20.4. The van der Waals surface area contributed by atoms with Crippen LogP contribution in [0, 0.1) is 17.8 Å². The topological polar surface area (TPSA) is 75.7 Å². The third kappa shape index (κ3) is 5.12. The molecule has 2 bridgehead atoms. The van der Waals surface area contributed by atoms with Crippen LogP contribution < -0.4 is 5.32 Å². The molecule has 0 unspecified atom stereocenters. The number of nitrogens with zero attached hydrogens (tertiary/aromatic N) is 1. The van der Waals surface area contributed by atoms with Crippen LogP contribution in [-0.4, -0.2) is 42.9 Å². The summed E-state index contributed by atoms with van der Waals surface area (Å²) < 4.78 is 5.17. The summed E-state index contributed by atoms with van der Waals surface area (Å²) >= 11 is 0. The van der Waals surface area contributed by atoms with Crippen LogP contribution >= 0.6 is 0 Å². The fourth-order valence-electron chi connectivity index (χ4n) is 4.60. The SMILES string of the molecule is CCc1ccccc1NC(=O)CN(C)C(=O)COC(=O)C[C@H]1C[C@H]2CC[C@@H]1C2. The first-order valence-corrected chi connectivity index (χ1v) is 10.2. The number of esters is 1. The average molecular weight is 386 g/mol. The zero-order valence-electron chi connectivity index (χ0n) is 16.8. The van der Waals surface area contributed by atoms with Gasteiger partial charge in [-0.15, -0.1) is 0 Å². The molecule has 0 heterocycles. The second-order valence-electron chi connectivity index (χ2n) is 8.11. The summed E-state index contributed by atoms with van der Waals surface area (Å²) in [5.74, 6) is 0.909. The minimum Gasteiger partial charge on any atom is -0.456 e. The van der Waals surface area contributed by atoms with E-state index in [2.05, 4.69) is 5.32 Å². The van der Waals surface area contributed by atoms with Crippen LogP contribution in [0.25, 0.3) is 0 Å². The number of benzene rings is 1. The largest absolute Gasteiger partial charge is 0.456 e. The van der Waals surface area contributed by atoms with E-state index in [4.69, 9.17) is 4.74 Å². The predicted octanol–water partition coefficient (Wildman–Crippen LogP) is 3.02. The standard InChI is InChI=1S/C22H30N2O4/c1-3-16-6-4-5-7-19(16)23-20(25)13-24(2)21(26)14-28-22(27)12-18-11-15-8-9-17(18)10-15/h4-7,15,17-18H,3,8-14H2,1-2H3,(H,23,25)/t15-,17+,18+/m0/s1. The third-order valence-electron chi connectivity index (χ3n) is 6.15. The Kier molecular flexibility index (Phi) is 6.70. The van der Waals surface area contributed by atoms with E-state index in [9.17, 15) is 14.4 Å². The summed E-state index contributed by atoms with van der Waals surface area (Å²) in [6.45, 7) is 1.63. The number of nitrogens with one attached hydrogen (secondary N) is 1. The molecule has 1 aromatic rings. The monoisotopic (exact) mass is 386 g/mol. The van der Waals surface area contributed by atoms with E-state index in [-0.39, 0.29) is 30.9 Å². The van der Waals surface area contributed by atoms with Crippen molar-refractivity contribution in [1.82, 2.24) is 4.90 Å². The summed E-state index contributed by atoms with van der Waals surface area (Å²) in [4.78, 5) is 37.8. The highest BCUT2D eigenvalue weighted by molar-refractivity contribution is 5.95. The molecule has 0 radical (unpaired) electrons. The highest BCUT2D eigenvalue weighted by Gasteiger charge is 2.40. The summed E-state index contributed by atoms with van der Waals surface area (Å²) in [6.07, 6.45) is 6.10. The van der Waals surface area contributed by atoms with Gasteiger partial charge in [0.05, 0.1) is 6.54 Å². The molecule has 2 saturated carbocycles. The fraction of sp³-hybridized carbons (Fsp3) is 0.591. The van der Waals surface area contributed by atoms with Crippen molar-refractivity contribution in [3.05, 3.63) is 29.8 Å². The molecule has 6 nitrogen and oxygen atoms in total. The molecule has 3 rings (SSSR count). The molecule has 0 spiro atoms. The lowest BCUT2D eigenvalue weighted by Gasteiger charge is -2.21. The van der Waals surface area contributed by atoms with E-state index in [1.807, 2.05) is 31.2 Å². The van der Waals surface area contributed by atoms with Gasteiger partial charge < -0.3 is 15.0 Å². The Morgan fingerprint density at radius 1 is 1.18 bits per heavy atom. The number of fused-ring (bicyclic) bond motifs is 2. The maximum Gasteiger partial charge on any atom is 0.306 e. The number of ether oxygens (including phenoxy) is 1. The van der Waals surface area contributed by atoms with Crippen LogP contribution in [-0.2, 0) is 25.5 Å². The molecule has 2 amide bonds. The Morgan fingerprint density at radius 3 is 2.64 bits per heavy atom. The Labute approximate surface area is 166 Å². The first-order chi connectivity index (χ1) is 13.5. The molecule has 2 aliphatic rings. The van der Waals surface area contributed by atoms with Crippen molar-refractivity contribution in [1.29, 1.82) is 0 Å². The number of carbonyl (C=O) groups excluding carboxylic acids is 3. The zero-order valence-corrected chi connectivity index (χ0v) is 16.8. The molecule has 2 aliphatic carbocycles. The highest BCUT2D eigenvalue weighted by atomic mass is 16.5. The number of rotatable bonds is 8. The molecule has 28 heavy (non-hydrogen) atoms. The minimum absolute atomic E-state index is 0.0825. The maximum atomic E-state index is 12.2. The van der Waals surface area contributed by atoms with Gasteiger partial charge in [0.15, 0.2) is 6.61 Å². The van der Waals surface area contributed by atoms with Crippen molar-refractivity contribution in [2.45, 2.75) is 45.4 Å². The smallest absolute Gasteiger partial charge is 0.306 e. The van der Waals surface area contributed by atoms with Crippen molar-refractivity contribution in [3.63, 3.8) is 0 Å². The van der Waals surface area contributed by atoms with Crippen molar-refractivity contribution in [3.8, 4) is 0 Å². The molecule has 152 valence electrons. The van der Waals surface area contributed by atoms with Gasteiger partial charge in [-0.05, 0) is 55.1 Å². The van der Waals surface area contributed by atoms with E-state index < -0.39 is 0 Å². The molecule has 0 aliphatic heterocycles. The average Bonchev–Trinajstić information content (AvgIpc) is 3.29. The van der Waals surface area contributed by atoms with Gasteiger partial charge in [-0.25, -0.2) is 0 Å². The predicted molar refractivity (Wildman–Crippen MR) is 107 cm³/mol. The lowest BCUT2D eigenvalue weighted by molar-refractivity contribution is -0.152. The van der Waals surface area contributed by atoms with E-state index in [1.54, 1.807) is 0 Å². The van der Waals surface area contributed by atoms with Crippen LogP contribution in [0.2, 0.25) is 0 Å². The van der Waals surface area contributed by atoms with Gasteiger partial charge in [-0.3, -0.25) is 14.4 Å². The number of para-hydroxylation sites is 1. The number of likely N-dealkylation sites (N-methyl/N-ethyl adjacent to an activating group) is 1. The van der Waals surface area contributed by atoms with E-state index >= 15 is 0 Å². The van der Waals surface area contributed by atoms with Gasteiger partial charge >= 0.3 is 5.97 Å². The number of anilines is 1. The lowest BCUT2D eigenvalue weighted by atomic mass is 9.86. The molecule has 3 atom stereocenters. The second kappa shape index (κ2) is 9.22. The summed E-state index contributed by atoms with van der Waals surface area (Å²) in [5, 5.41) is 2.84. The molecular weight excluding hydrogens is 356 g/mol. The molecule has 1 N–H and O–H groups in total. The normalized spacial score (nSPS) is 22.7. The van der Waals surface area contributed by atoms with Crippen LogP contribution in [0.5, 0.6) is 0 Å². The Balaban J connectivity index is 1.39. The maximum absolute atomic E-state index is 12.2. The van der Waals surface area contributed by atoms with E-state index in [0.29, 0.717) is 18.3 Å². The minimum atomic E-state index is -0.375. The number of amides is 2. The van der Waals surface area contributed by atoms with Crippen molar-refractivity contribution in [2.75, 3.05) is 25.5 Å². The quantitative estimate of drug-likeness (QED) is 0.697. The summed E-state index contributed by atoms with van der Waals surface area (Å²) in [7, 11) is 1.54. The summed E-state index contributed by atoms with van der Waals surface area (Å²) in [5.41, 5.74) is 1.80. The zero-order chi connectivity index (χ0) is 20.1. The summed E-state index contributed by atoms with van der Waals surface area (Å²) in [6, 6.07) is 7.59. The van der Waals surface area contributed by atoms with Crippen molar-refractivity contribution in [2.24, 2.45) is 17.8 Å². The molecule has 1 aromatic carbocycles. The van der Waals surface area contributed by atoms with E-state index in [1.165, 1.54) is 31.2 Å². The highest BCUT2D eigenvalue weighted by Crippen LogP contribution is 2.49. The van der Waals surface area contributed by atoms with Crippen molar-refractivity contribution >= 4 is 23.5 Å². The Morgan fingerprint density at radius 2 is 1.96 bits per heavy atom. The van der Waals surface area contributed by atoms with Crippen LogP contribution in [0.4, 0.5) is 5.69 Å². The van der Waals surface area contributed by atoms with Gasteiger partial charge in [0.2, 0.25) is 5.91 Å². The number of carbonyl (C=O) groups is 3. The molecular formula is C22H30N2O4. The van der Waals surface area contributed by atoms with Crippen molar-refractivity contribution < 1.29 is 19.1 Å².